The molecule has 0 nitrogen and oxygen atoms in total. The van der Waals surface area contributed by atoms with Gasteiger partial charge in [0.25, 0.3) is 0 Å². The van der Waals surface area contributed by atoms with Crippen molar-refractivity contribution >= 4 is 0 Å². The topological polar surface area (TPSA) is 0 Å². The van der Waals surface area contributed by atoms with E-state index in [0.717, 1.165) is 12.8 Å². The average molecular weight is 164 g/mol. The molecule has 0 saturated carbocycles. The molecule has 0 unspecified atom stereocenters. The van der Waals surface area contributed by atoms with Crippen LogP contribution < -0.4 is 0 Å². The van der Waals surface area contributed by atoms with E-state index in [-0.39, 0.29) is 0 Å². The lowest BCUT2D eigenvalue weighted by atomic mass is 10.2. The van der Waals surface area contributed by atoms with E-state index in [9.17, 15) is 0 Å². The number of rotatable bonds is 6. The van der Waals surface area contributed by atoms with Crippen LogP contribution in [-0.2, 0) is 0 Å². The van der Waals surface area contributed by atoms with Gasteiger partial charge >= 0.3 is 0 Å². The maximum atomic E-state index is 2.25. The Balaban J connectivity index is 3.19. The molecule has 0 bridgehead atoms. The van der Waals surface area contributed by atoms with Crippen molar-refractivity contribution in [2.24, 2.45) is 0 Å². The minimum Gasteiger partial charge on any atom is -0.0917 e. The highest BCUT2D eigenvalue weighted by Crippen LogP contribution is 1.95. The van der Waals surface area contributed by atoms with Gasteiger partial charge < -0.3 is 0 Å². The van der Waals surface area contributed by atoms with Crippen LogP contribution in [0.1, 0.15) is 39.5 Å². The van der Waals surface area contributed by atoms with Crippen molar-refractivity contribution in [2.45, 2.75) is 39.5 Å². The Bertz CT molecular complexity index is 149. The Kier molecular flexibility index (Phi) is 9.56. The van der Waals surface area contributed by atoms with Gasteiger partial charge in [-0.15, -0.1) is 0 Å². The number of hydrogen-bond donors (Lipinski definition) is 0. The van der Waals surface area contributed by atoms with Gasteiger partial charge in [-0.25, -0.2) is 0 Å². The van der Waals surface area contributed by atoms with E-state index in [0.29, 0.717) is 0 Å². The molecule has 0 aromatic carbocycles. The molecule has 12 heavy (non-hydrogen) atoms. The molecule has 0 rings (SSSR count). The highest BCUT2D eigenvalue weighted by atomic mass is 13.8. The second-order valence-electron chi connectivity index (χ2n) is 2.73. The molecule has 0 aliphatic rings. The van der Waals surface area contributed by atoms with Gasteiger partial charge in [0, 0.05) is 0 Å². The molecule has 0 aromatic rings. The first-order chi connectivity index (χ1) is 5.91. The van der Waals surface area contributed by atoms with Crippen LogP contribution in [0.25, 0.3) is 0 Å². The maximum absolute atomic E-state index is 2.25. The highest BCUT2D eigenvalue weighted by Gasteiger charge is 1.74. The molecule has 0 aliphatic carbocycles. The van der Waals surface area contributed by atoms with Gasteiger partial charge in [0.15, 0.2) is 0 Å². The Labute approximate surface area is 76.7 Å². The Morgan fingerprint density at radius 1 is 0.833 bits per heavy atom. The summed E-state index contributed by atoms with van der Waals surface area (Å²) in [4.78, 5) is 0. The molecular formula is C12H20. The third-order valence-corrected chi connectivity index (χ3v) is 1.58. The second kappa shape index (κ2) is 10.2. The van der Waals surface area contributed by atoms with Gasteiger partial charge in [-0.1, -0.05) is 43.4 Å². The first-order valence-electron chi connectivity index (χ1n) is 4.83. The minimum absolute atomic E-state index is 1.09. The van der Waals surface area contributed by atoms with Gasteiger partial charge in [0.1, 0.15) is 0 Å². The first-order valence-corrected chi connectivity index (χ1v) is 4.83. The van der Waals surface area contributed by atoms with Crippen LogP contribution in [0.2, 0.25) is 0 Å². The summed E-state index contributed by atoms with van der Waals surface area (Å²) in [7, 11) is 0. The fourth-order valence-electron chi connectivity index (χ4n) is 0.915. The summed E-state index contributed by atoms with van der Waals surface area (Å²) < 4.78 is 0. The van der Waals surface area contributed by atoms with E-state index in [1.807, 2.05) is 0 Å². The van der Waals surface area contributed by atoms with Crippen LogP contribution in [0.3, 0.4) is 0 Å². The molecule has 68 valence electrons. The highest BCUT2D eigenvalue weighted by molar-refractivity contribution is 4.93. The summed E-state index contributed by atoms with van der Waals surface area (Å²) in [5.41, 5.74) is 0. The van der Waals surface area contributed by atoms with Crippen molar-refractivity contribution in [3.63, 3.8) is 0 Å². The van der Waals surface area contributed by atoms with Crippen LogP contribution in [0.4, 0.5) is 0 Å². The van der Waals surface area contributed by atoms with E-state index < -0.39 is 0 Å². The van der Waals surface area contributed by atoms with Crippen LogP contribution in [0.15, 0.2) is 36.5 Å². The first kappa shape index (κ1) is 11.2. The predicted octanol–water partition coefficient (Wildman–Crippen LogP) is 4.26. The fraction of sp³-hybridized carbons (Fsp3) is 0.500. The second-order valence-corrected chi connectivity index (χ2v) is 2.73. The molecule has 0 heteroatoms. The standard InChI is InChI=1S/C12H20/c1-3-5-7-9-11-12-10-8-6-4-2/h3,5-6,8,11-12H,4,7,9-10H2,1-2H3/b5-3-,8-6-,12-11-. The molecule has 0 spiro atoms. The van der Waals surface area contributed by atoms with Crippen LogP contribution in [-0.4, -0.2) is 0 Å². The normalized spacial score (nSPS) is 12.5. The van der Waals surface area contributed by atoms with Crippen LogP contribution in [0, 0.1) is 0 Å². The van der Waals surface area contributed by atoms with E-state index in [4.69, 9.17) is 0 Å². The zero-order chi connectivity index (χ0) is 9.07. The SMILES string of the molecule is C/C=C\CC/C=C\C/C=C\CC. The Morgan fingerprint density at radius 3 is 2.17 bits per heavy atom. The predicted molar refractivity (Wildman–Crippen MR) is 57.2 cm³/mol. The monoisotopic (exact) mass is 164 g/mol. The van der Waals surface area contributed by atoms with Crippen molar-refractivity contribution in [3.05, 3.63) is 36.5 Å². The van der Waals surface area contributed by atoms with E-state index in [2.05, 4.69) is 50.3 Å². The summed E-state index contributed by atoms with van der Waals surface area (Å²) in [5.74, 6) is 0. The minimum atomic E-state index is 1.09. The smallest absolute Gasteiger partial charge is 0.0169 e. The van der Waals surface area contributed by atoms with Gasteiger partial charge in [-0.2, -0.15) is 0 Å². The molecule has 0 atom stereocenters. The Morgan fingerprint density at radius 2 is 1.50 bits per heavy atom. The van der Waals surface area contributed by atoms with Crippen LogP contribution >= 0.6 is 0 Å². The lowest BCUT2D eigenvalue weighted by molar-refractivity contribution is 1.04. The fourth-order valence-corrected chi connectivity index (χ4v) is 0.915. The summed E-state index contributed by atoms with van der Waals surface area (Å²) in [6.07, 6.45) is 17.8. The van der Waals surface area contributed by atoms with Crippen molar-refractivity contribution in [1.82, 2.24) is 0 Å². The van der Waals surface area contributed by atoms with Crippen molar-refractivity contribution in [1.29, 1.82) is 0 Å². The third kappa shape index (κ3) is 9.22. The summed E-state index contributed by atoms with van der Waals surface area (Å²) in [5, 5.41) is 0. The van der Waals surface area contributed by atoms with E-state index >= 15 is 0 Å². The average Bonchev–Trinajstić information content (AvgIpc) is 2.10. The van der Waals surface area contributed by atoms with Gasteiger partial charge in [0.05, 0.1) is 0 Å². The molecule has 0 aliphatic heterocycles. The molecule has 0 heterocycles. The number of hydrogen-bond acceptors (Lipinski definition) is 0. The third-order valence-electron chi connectivity index (χ3n) is 1.58. The zero-order valence-electron chi connectivity index (χ0n) is 8.29. The number of allylic oxidation sites excluding steroid dienone is 6. The molecule has 0 fully saturated rings. The molecule has 0 saturated heterocycles. The lowest BCUT2D eigenvalue weighted by Gasteiger charge is -1.85. The largest absolute Gasteiger partial charge is 0.0917 e. The van der Waals surface area contributed by atoms with Gasteiger partial charge in [-0.3, -0.25) is 0 Å². The Hall–Kier alpha value is -0.780. The van der Waals surface area contributed by atoms with Gasteiger partial charge in [0.2, 0.25) is 0 Å². The zero-order valence-corrected chi connectivity index (χ0v) is 8.29. The lowest BCUT2D eigenvalue weighted by Crippen LogP contribution is -1.64. The molecule has 0 aromatic heterocycles. The van der Waals surface area contributed by atoms with E-state index in [1.165, 1.54) is 12.8 Å². The molecule has 0 radical (unpaired) electrons. The summed E-state index contributed by atoms with van der Waals surface area (Å²) in [6.45, 7) is 4.22. The van der Waals surface area contributed by atoms with Crippen LogP contribution in [0.5, 0.6) is 0 Å². The summed E-state index contributed by atoms with van der Waals surface area (Å²) in [6, 6.07) is 0. The van der Waals surface area contributed by atoms with E-state index in [1.54, 1.807) is 0 Å². The maximum Gasteiger partial charge on any atom is -0.0169 e. The van der Waals surface area contributed by atoms with Crippen molar-refractivity contribution in [2.75, 3.05) is 0 Å². The molecular weight excluding hydrogens is 144 g/mol. The number of unbranched alkanes of at least 4 members (excludes halogenated alkanes) is 1. The van der Waals surface area contributed by atoms with Gasteiger partial charge in [-0.05, 0) is 32.6 Å². The quantitative estimate of drug-likeness (QED) is 0.406. The molecule has 0 amide bonds. The molecule has 0 N–H and O–H groups in total. The van der Waals surface area contributed by atoms with Crippen molar-refractivity contribution < 1.29 is 0 Å². The van der Waals surface area contributed by atoms with Crippen molar-refractivity contribution in [3.8, 4) is 0 Å². The summed E-state index contributed by atoms with van der Waals surface area (Å²) >= 11 is 0.